The summed E-state index contributed by atoms with van der Waals surface area (Å²) in [5, 5.41) is 0. The maximum Gasteiger partial charge on any atom is 0.176 e. The van der Waals surface area contributed by atoms with E-state index in [0.29, 0.717) is 5.56 Å². The number of hydrogen-bond donors (Lipinski definition) is 1. The summed E-state index contributed by atoms with van der Waals surface area (Å²) in [5.74, 6) is 0.646. The van der Waals surface area contributed by atoms with Crippen molar-refractivity contribution in [3.05, 3.63) is 23.8 Å². The molecule has 76 valence electrons. The van der Waals surface area contributed by atoms with Crippen molar-refractivity contribution in [2.24, 2.45) is 5.73 Å². The lowest BCUT2D eigenvalue weighted by Crippen LogP contribution is -2.13. The van der Waals surface area contributed by atoms with Crippen LogP contribution in [0.2, 0.25) is 0 Å². The van der Waals surface area contributed by atoms with Gasteiger partial charge in [-0.3, -0.25) is 4.79 Å². The zero-order valence-electron chi connectivity index (χ0n) is 8.24. The van der Waals surface area contributed by atoms with Gasteiger partial charge in [0.2, 0.25) is 0 Å². The Kier molecular flexibility index (Phi) is 3.98. The minimum absolute atomic E-state index is 0.0295. The molecule has 0 unspecified atom stereocenters. The van der Waals surface area contributed by atoms with Crippen LogP contribution in [0.1, 0.15) is 10.4 Å². The lowest BCUT2D eigenvalue weighted by Gasteiger charge is -2.07. The second-order valence-corrected chi connectivity index (χ2v) is 3.55. The summed E-state index contributed by atoms with van der Waals surface area (Å²) in [4.78, 5) is 12.3. The summed E-state index contributed by atoms with van der Waals surface area (Å²) in [6.07, 6.45) is 1.96. The third-order valence-corrected chi connectivity index (χ3v) is 2.67. The maximum atomic E-state index is 11.3. The SMILES string of the molecule is COc1cc(C(=O)CN)ccc1SC. The van der Waals surface area contributed by atoms with Crippen LogP contribution in [0.3, 0.4) is 0 Å². The molecule has 0 aliphatic rings. The first-order chi connectivity index (χ1) is 6.72. The average Bonchev–Trinajstić information content (AvgIpc) is 2.26. The van der Waals surface area contributed by atoms with E-state index in [1.54, 1.807) is 31.0 Å². The molecule has 2 N–H and O–H groups in total. The van der Waals surface area contributed by atoms with E-state index in [4.69, 9.17) is 10.5 Å². The summed E-state index contributed by atoms with van der Waals surface area (Å²) >= 11 is 1.58. The number of hydrogen-bond acceptors (Lipinski definition) is 4. The van der Waals surface area contributed by atoms with Gasteiger partial charge in [0, 0.05) is 10.5 Å². The van der Waals surface area contributed by atoms with Crippen molar-refractivity contribution >= 4 is 17.5 Å². The van der Waals surface area contributed by atoms with Crippen molar-refractivity contribution in [1.82, 2.24) is 0 Å². The molecule has 1 aromatic rings. The van der Waals surface area contributed by atoms with Gasteiger partial charge in [0.05, 0.1) is 13.7 Å². The first kappa shape index (κ1) is 11.1. The fraction of sp³-hybridized carbons (Fsp3) is 0.300. The van der Waals surface area contributed by atoms with E-state index in [1.165, 1.54) is 0 Å². The van der Waals surface area contributed by atoms with Crippen LogP contribution in [0.25, 0.3) is 0 Å². The largest absolute Gasteiger partial charge is 0.496 e. The van der Waals surface area contributed by atoms with Crippen LogP contribution < -0.4 is 10.5 Å². The van der Waals surface area contributed by atoms with Gasteiger partial charge in [-0.15, -0.1) is 11.8 Å². The number of carbonyl (C=O) groups excluding carboxylic acids is 1. The Morgan fingerprint density at radius 3 is 2.79 bits per heavy atom. The second-order valence-electron chi connectivity index (χ2n) is 2.70. The van der Waals surface area contributed by atoms with Gasteiger partial charge in [-0.2, -0.15) is 0 Å². The standard InChI is InChI=1S/C10H13NO2S/c1-13-9-5-7(8(12)6-11)3-4-10(9)14-2/h3-5H,6,11H2,1-2H3. The predicted molar refractivity (Wildman–Crippen MR) is 58.2 cm³/mol. The molecule has 0 spiro atoms. The molecular weight excluding hydrogens is 198 g/mol. The first-order valence-electron chi connectivity index (χ1n) is 4.18. The Morgan fingerprint density at radius 2 is 2.29 bits per heavy atom. The van der Waals surface area contributed by atoms with E-state index in [1.807, 2.05) is 12.3 Å². The van der Waals surface area contributed by atoms with Crippen molar-refractivity contribution in [3.63, 3.8) is 0 Å². The van der Waals surface area contributed by atoms with Gasteiger partial charge in [-0.25, -0.2) is 0 Å². The summed E-state index contributed by atoms with van der Waals surface area (Å²) in [6, 6.07) is 5.36. The minimum Gasteiger partial charge on any atom is -0.496 e. The molecule has 3 nitrogen and oxygen atoms in total. The van der Waals surface area contributed by atoms with Gasteiger partial charge in [-0.1, -0.05) is 0 Å². The van der Waals surface area contributed by atoms with Crippen LogP contribution in [0.5, 0.6) is 5.75 Å². The molecule has 0 aromatic heterocycles. The van der Waals surface area contributed by atoms with Gasteiger partial charge < -0.3 is 10.5 Å². The Morgan fingerprint density at radius 1 is 1.57 bits per heavy atom. The van der Waals surface area contributed by atoms with Crippen LogP contribution >= 0.6 is 11.8 Å². The normalized spacial score (nSPS) is 9.93. The topological polar surface area (TPSA) is 52.3 Å². The molecule has 0 saturated heterocycles. The number of rotatable bonds is 4. The van der Waals surface area contributed by atoms with Gasteiger partial charge >= 0.3 is 0 Å². The highest BCUT2D eigenvalue weighted by Gasteiger charge is 2.07. The fourth-order valence-electron chi connectivity index (χ4n) is 1.13. The van der Waals surface area contributed by atoms with Crippen molar-refractivity contribution in [1.29, 1.82) is 0 Å². The lowest BCUT2D eigenvalue weighted by molar-refractivity contribution is 0.100. The smallest absolute Gasteiger partial charge is 0.176 e. The third kappa shape index (κ3) is 2.27. The molecular formula is C10H13NO2S. The van der Waals surface area contributed by atoms with Gasteiger partial charge in [0.15, 0.2) is 5.78 Å². The lowest BCUT2D eigenvalue weighted by atomic mass is 10.1. The number of ketones is 1. The predicted octanol–water partition coefficient (Wildman–Crippen LogP) is 1.56. The fourth-order valence-corrected chi connectivity index (χ4v) is 1.68. The molecule has 14 heavy (non-hydrogen) atoms. The number of methoxy groups -OCH3 is 1. The number of Topliss-reactive ketones (excluding diaryl/α,β-unsaturated/α-hetero) is 1. The van der Waals surface area contributed by atoms with Crippen LogP contribution in [0.15, 0.2) is 23.1 Å². The third-order valence-electron chi connectivity index (χ3n) is 1.89. The van der Waals surface area contributed by atoms with E-state index in [2.05, 4.69) is 0 Å². The Balaban J connectivity index is 3.07. The van der Waals surface area contributed by atoms with Crippen LogP contribution in [0.4, 0.5) is 0 Å². The van der Waals surface area contributed by atoms with Crippen LogP contribution in [-0.4, -0.2) is 25.7 Å². The molecule has 1 aromatic carbocycles. The van der Waals surface area contributed by atoms with Crippen molar-refractivity contribution in [3.8, 4) is 5.75 Å². The highest BCUT2D eigenvalue weighted by molar-refractivity contribution is 7.98. The zero-order chi connectivity index (χ0) is 10.6. The minimum atomic E-state index is -0.0732. The van der Waals surface area contributed by atoms with E-state index in [-0.39, 0.29) is 12.3 Å². The Labute approximate surface area is 87.6 Å². The summed E-state index contributed by atoms with van der Waals surface area (Å²) in [6.45, 7) is 0.0295. The van der Waals surface area contributed by atoms with Gasteiger partial charge in [0.1, 0.15) is 5.75 Å². The van der Waals surface area contributed by atoms with Crippen molar-refractivity contribution in [2.75, 3.05) is 19.9 Å². The van der Waals surface area contributed by atoms with E-state index in [0.717, 1.165) is 10.6 Å². The Hall–Kier alpha value is -1.00. The van der Waals surface area contributed by atoms with Crippen LogP contribution in [0, 0.1) is 0 Å². The highest BCUT2D eigenvalue weighted by Crippen LogP contribution is 2.28. The molecule has 0 saturated carbocycles. The monoisotopic (exact) mass is 211 g/mol. The van der Waals surface area contributed by atoms with E-state index < -0.39 is 0 Å². The van der Waals surface area contributed by atoms with E-state index in [9.17, 15) is 4.79 Å². The second kappa shape index (κ2) is 5.02. The molecule has 0 atom stereocenters. The molecule has 0 radical (unpaired) electrons. The number of carbonyl (C=O) groups is 1. The first-order valence-corrected chi connectivity index (χ1v) is 5.40. The van der Waals surface area contributed by atoms with Crippen LogP contribution in [-0.2, 0) is 0 Å². The molecule has 0 amide bonds. The average molecular weight is 211 g/mol. The summed E-state index contributed by atoms with van der Waals surface area (Å²) < 4.78 is 5.16. The number of benzene rings is 1. The number of thioether (sulfide) groups is 1. The quantitative estimate of drug-likeness (QED) is 0.606. The zero-order valence-corrected chi connectivity index (χ0v) is 9.06. The number of nitrogens with two attached hydrogens (primary N) is 1. The molecule has 0 bridgehead atoms. The Bertz CT molecular complexity index is 339. The van der Waals surface area contributed by atoms with Crippen molar-refractivity contribution in [2.45, 2.75) is 4.90 Å². The number of ether oxygens (including phenoxy) is 1. The molecule has 0 aliphatic carbocycles. The molecule has 0 aliphatic heterocycles. The summed E-state index contributed by atoms with van der Waals surface area (Å²) in [7, 11) is 1.59. The molecule has 1 rings (SSSR count). The van der Waals surface area contributed by atoms with E-state index >= 15 is 0 Å². The molecule has 0 fully saturated rings. The molecule has 0 heterocycles. The summed E-state index contributed by atoms with van der Waals surface area (Å²) in [5.41, 5.74) is 5.87. The van der Waals surface area contributed by atoms with Gasteiger partial charge in [-0.05, 0) is 24.5 Å². The van der Waals surface area contributed by atoms with Crippen molar-refractivity contribution < 1.29 is 9.53 Å². The molecule has 4 heteroatoms. The maximum absolute atomic E-state index is 11.3. The van der Waals surface area contributed by atoms with Gasteiger partial charge in [0.25, 0.3) is 0 Å². The highest BCUT2D eigenvalue weighted by atomic mass is 32.2.